The Morgan fingerprint density at radius 1 is 1.24 bits per heavy atom. The number of hydrogen-bond donors (Lipinski definition) is 1. The van der Waals surface area contributed by atoms with Crippen LogP contribution in [0.3, 0.4) is 0 Å². The highest BCUT2D eigenvalue weighted by molar-refractivity contribution is 7.98. The predicted octanol–water partition coefficient (Wildman–Crippen LogP) is 3.70. The van der Waals surface area contributed by atoms with E-state index in [0.717, 1.165) is 30.4 Å². The molecule has 1 amide bonds. The Morgan fingerprint density at radius 3 is 2.61 bits per heavy atom. The van der Waals surface area contributed by atoms with E-state index in [1.165, 1.54) is 30.0 Å². The van der Waals surface area contributed by atoms with Crippen molar-refractivity contribution in [3.63, 3.8) is 0 Å². The first-order valence-electron chi connectivity index (χ1n) is 10.6. The molecule has 0 aliphatic carbocycles. The lowest BCUT2D eigenvalue weighted by molar-refractivity contribution is -0.384. The molecule has 0 spiro atoms. The van der Waals surface area contributed by atoms with Gasteiger partial charge >= 0.3 is 5.97 Å². The summed E-state index contributed by atoms with van der Waals surface area (Å²) in [5, 5.41) is 13.5. The second-order valence-electron chi connectivity index (χ2n) is 7.58. The Balaban J connectivity index is 2.07. The summed E-state index contributed by atoms with van der Waals surface area (Å²) in [6.07, 6.45) is 3.08. The van der Waals surface area contributed by atoms with Crippen LogP contribution in [0.1, 0.15) is 51.9 Å². The lowest BCUT2D eigenvalue weighted by Gasteiger charge is -2.17. The third-order valence-electron chi connectivity index (χ3n) is 5.19. The van der Waals surface area contributed by atoms with Crippen molar-refractivity contribution in [2.45, 2.75) is 46.2 Å². The summed E-state index contributed by atoms with van der Waals surface area (Å²) in [4.78, 5) is 48.3. The number of thioether (sulfide) groups is 1. The first-order chi connectivity index (χ1) is 15.7. The van der Waals surface area contributed by atoms with Gasteiger partial charge in [-0.1, -0.05) is 13.0 Å². The molecule has 1 N–H and O–H groups in total. The number of rotatable bonds is 12. The smallest absolute Gasteiger partial charge is 0.329 e. The summed E-state index contributed by atoms with van der Waals surface area (Å²) in [7, 11) is 0. The summed E-state index contributed by atoms with van der Waals surface area (Å²) < 4.78 is 7.30. The van der Waals surface area contributed by atoms with E-state index < -0.39 is 29.4 Å². The van der Waals surface area contributed by atoms with E-state index in [9.17, 15) is 24.5 Å². The second kappa shape index (κ2) is 12.2. The maximum Gasteiger partial charge on any atom is 0.329 e. The quantitative estimate of drug-likeness (QED) is 0.215. The molecule has 33 heavy (non-hydrogen) atoms. The average molecular weight is 476 g/mol. The number of nitrogens with one attached hydrogen (secondary N) is 1. The molecule has 0 fully saturated rings. The first kappa shape index (κ1) is 26.1. The topological polar surface area (TPSA) is 121 Å². The molecule has 0 bridgehead atoms. The van der Waals surface area contributed by atoms with Gasteiger partial charge in [-0.25, -0.2) is 4.79 Å². The molecule has 0 saturated carbocycles. The fourth-order valence-electron chi connectivity index (χ4n) is 3.45. The molecule has 10 heteroatoms. The van der Waals surface area contributed by atoms with Gasteiger partial charge in [0.15, 0.2) is 6.61 Å². The number of benzene rings is 1. The number of aryl methyl sites for hydroxylation is 1. The standard InChI is InChI=1S/C23H29N3O6S/c1-5-10-25-15(2)12-19(16(25)3)21(27)14-32-23(29)20(9-11-33-4)24-22(28)17-7-6-8-18(13-17)26(30)31/h6-8,12-13,20H,5,9-11,14H2,1-4H3,(H,24,28). The number of carbonyl (C=O) groups excluding carboxylic acids is 3. The zero-order valence-electron chi connectivity index (χ0n) is 19.3. The summed E-state index contributed by atoms with van der Waals surface area (Å²) >= 11 is 1.49. The van der Waals surface area contributed by atoms with Crippen LogP contribution in [-0.2, 0) is 16.1 Å². The van der Waals surface area contributed by atoms with Gasteiger partial charge in [0, 0.05) is 41.2 Å². The number of Topliss-reactive ketones (excluding diaryl/α,β-unsaturated/α-hetero) is 1. The molecule has 1 aromatic carbocycles. The Morgan fingerprint density at radius 2 is 1.97 bits per heavy atom. The van der Waals surface area contributed by atoms with Crippen LogP contribution < -0.4 is 5.32 Å². The number of esters is 1. The van der Waals surface area contributed by atoms with Crippen LogP contribution in [0.15, 0.2) is 30.3 Å². The van der Waals surface area contributed by atoms with E-state index in [2.05, 4.69) is 16.8 Å². The molecule has 0 aliphatic rings. The summed E-state index contributed by atoms with van der Waals surface area (Å²) in [5.74, 6) is -1.09. The molecule has 1 atom stereocenters. The molecule has 1 heterocycles. The third-order valence-corrected chi connectivity index (χ3v) is 5.83. The number of nitro benzene ring substituents is 1. The average Bonchev–Trinajstić information content (AvgIpc) is 3.08. The van der Waals surface area contributed by atoms with Crippen LogP contribution in [0.25, 0.3) is 0 Å². The number of non-ortho nitro benzene ring substituents is 1. The molecular formula is C23H29N3O6S. The zero-order chi connectivity index (χ0) is 24.5. The molecular weight excluding hydrogens is 446 g/mol. The Bertz CT molecular complexity index is 1030. The van der Waals surface area contributed by atoms with Gasteiger partial charge in [-0.05, 0) is 50.8 Å². The number of ether oxygens (including phenoxy) is 1. The van der Waals surface area contributed by atoms with Crippen molar-refractivity contribution >= 4 is 35.1 Å². The van der Waals surface area contributed by atoms with Crippen molar-refractivity contribution in [1.82, 2.24) is 9.88 Å². The van der Waals surface area contributed by atoms with Gasteiger partial charge in [0.2, 0.25) is 5.78 Å². The maximum atomic E-state index is 12.7. The van der Waals surface area contributed by atoms with Crippen molar-refractivity contribution in [3.8, 4) is 0 Å². The van der Waals surface area contributed by atoms with Crippen molar-refractivity contribution in [2.75, 3.05) is 18.6 Å². The van der Waals surface area contributed by atoms with Crippen molar-refractivity contribution in [2.24, 2.45) is 0 Å². The zero-order valence-corrected chi connectivity index (χ0v) is 20.1. The molecule has 1 unspecified atom stereocenters. The molecule has 0 radical (unpaired) electrons. The Hall–Kier alpha value is -3.14. The molecule has 2 aromatic rings. The van der Waals surface area contributed by atoms with Crippen molar-refractivity contribution in [1.29, 1.82) is 0 Å². The van der Waals surface area contributed by atoms with Gasteiger partial charge in [-0.15, -0.1) is 0 Å². The van der Waals surface area contributed by atoms with Gasteiger partial charge in [-0.3, -0.25) is 19.7 Å². The molecule has 0 saturated heterocycles. The lowest BCUT2D eigenvalue weighted by Crippen LogP contribution is -2.42. The van der Waals surface area contributed by atoms with Crippen LogP contribution in [0.2, 0.25) is 0 Å². The SMILES string of the molecule is CCCn1c(C)cc(C(=O)COC(=O)C(CCSC)NC(=O)c2cccc([N+](=O)[O-])c2)c1C. The van der Waals surface area contributed by atoms with Crippen LogP contribution >= 0.6 is 11.8 Å². The normalized spacial score (nSPS) is 11.6. The highest BCUT2D eigenvalue weighted by atomic mass is 32.2. The van der Waals surface area contributed by atoms with E-state index in [4.69, 9.17) is 4.74 Å². The van der Waals surface area contributed by atoms with Crippen molar-refractivity contribution in [3.05, 3.63) is 63.0 Å². The minimum Gasteiger partial charge on any atom is -0.456 e. The Labute approximate surface area is 197 Å². The number of ketones is 1. The molecule has 0 aliphatic heterocycles. The van der Waals surface area contributed by atoms with Crippen LogP contribution in [-0.4, -0.2) is 51.8 Å². The van der Waals surface area contributed by atoms with Crippen LogP contribution in [0.5, 0.6) is 0 Å². The number of amides is 1. The van der Waals surface area contributed by atoms with Gasteiger partial charge in [-0.2, -0.15) is 11.8 Å². The number of carbonyl (C=O) groups is 3. The largest absolute Gasteiger partial charge is 0.456 e. The molecule has 178 valence electrons. The highest BCUT2D eigenvalue weighted by Crippen LogP contribution is 2.17. The monoisotopic (exact) mass is 475 g/mol. The highest BCUT2D eigenvalue weighted by Gasteiger charge is 2.25. The number of aromatic nitrogens is 1. The molecule has 2 rings (SSSR count). The lowest BCUT2D eigenvalue weighted by atomic mass is 10.1. The number of nitro groups is 1. The number of nitrogens with zero attached hydrogens (tertiary/aromatic N) is 2. The van der Waals surface area contributed by atoms with Gasteiger partial charge < -0.3 is 14.6 Å². The number of hydrogen-bond acceptors (Lipinski definition) is 7. The minimum absolute atomic E-state index is 0.0607. The minimum atomic E-state index is -0.982. The third kappa shape index (κ3) is 6.92. The van der Waals surface area contributed by atoms with Gasteiger partial charge in [0.05, 0.1) is 4.92 Å². The second-order valence-corrected chi connectivity index (χ2v) is 8.57. The van der Waals surface area contributed by atoms with Crippen molar-refractivity contribution < 1.29 is 24.0 Å². The summed E-state index contributed by atoms with van der Waals surface area (Å²) in [6.45, 7) is 6.20. The summed E-state index contributed by atoms with van der Waals surface area (Å²) in [6, 6.07) is 6.05. The van der Waals surface area contributed by atoms with E-state index in [0.29, 0.717) is 17.7 Å². The maximum absolute atomic E-state index is 12.7. The van der Waals surface area contributed by atoms with E-state index in [1.54, 1.807) is 6.07 Å². The molecule has 1 aromatic heterocycles. The molecule has 9 nitrogen and oxygen atoms in total. The van der Waals surface area contributed by atoms with Gasteiger partial charge in [0.1, 0.15) is 6.04 Å². The fourth-order valence-corrected chi connectivity index (χ4v) is 3.92. The first-order valence-corrected chi connectivity index (χ1v) is 12.0. The van der Waals surface area contributed by atoms with E-state index >= 15 is 0 Å². The van der Waals surface area contributed by atoms with E-state index in [1.807, 2.05) is 20.1 Å². The predicted molar refractivity (Wildman–Crippen MR) is 127 cm³/mol. The van der Waals surface area contributed by atoms with Crippen LogP contribution in [0, 0.1) is 24.0 Å². The van der Waals surface area contributed by atoms with E-state index in [-0.39, 0.29) is 17.0 Å². The summed E-state index contributed by atoms with van der Waals surface area (Å²) in [5.41, 5.74) is 2.14. The fraction of sp³-hybridized carbons (Fsp3) is 0.435. The Kier molecular flexibility index (Phi) is 9.65. The van der Waals surface area contributed by atoms with Gasteiger partial charge in [0.25, 0.3) is 11.6 Å². The van der Waals surface area contributed by atoms with Crippen LogP contribution in [0.4, 0.5) is 5.69 Å².